The number of carbonyl (C=O) groups is 3. The average molecular weight is 510 g/mol. The van der Waals surface area contributed by atoms with Gasteiger partial charge in [-0.1, -0.05) is 30.3 Å². The average Bonchev–Trinajstić information content (AvgIpc) is 3.15. The van der Waals surface area contributed by atoms with E-state index in [4.69, 9.17) is 15.9 Å². The minimum atomic E-state index is -0.975. The standard InChI is InChI=1S/C27H35N5O5/c28-27(29)30-14-4-9-24(33)31-21-10-12-23(13-11-21)37-18-22-16-20(17-25(34)35)26(36)32(22)15-5-8-19-6-2-1-3-7-19/h1-3,6-7,10-13,20,22H,4-5,8-9,14-18H2,(H,31,33)(H,34,35)(H4,28,29,30)/t20-,22-/m0/s1. The summed E-state index contributed by atoms with van der Waals surface area (Å²) in [6, 6.07) is 16.8. The van der Waals surface area contributed by atoms with Gasteiger partial charge in [0, 0.05) is 25.2 Å². The Morgan fingerprint density at radius 3 is 2.51 bits per heavy atom. The summed E-state index contributed by atoms with van der Waals surface area (Å²) in [6.45, 7) is 1.27. The van der Waals surface area contributed by atoms with Gasteiger partial charge in [0.05, 0.1) is 18.4 Å². The smallest absolute Gasteiger partial charge is 0.304 e. The predicted octanol–water partition coefficient (Wildman–Crippen LogP) is 2.59. The molecule has 1 saturated heterocycles. The number of carboxylic acid groups (broad SMARTS) is 1. The number of benzene rings is 2. The number of ether oxygens (including phenoxy) is 1. The van der Waals surface area contributed by atoms with Gasteiger partial charge in [-0.2, -0.15) is 0 Å². The highest BCUT2D eigenvalue weighted by molar-refractivity contribution is 5.90. The van der Waals surface area contributed by atoms with E-state index in [1.54, 1.807) is 29.2 Å². The van der Waals surface area contributed by atoms with Crippen molar-refractivity contribution in [1.29, 1.82) is 5.41 Å². The van der Waals surface area contributed by atoms with Crippen LogP contribution in [-0.2, 0) is 20.8 Å². The first-order chi connectivity index (χ1) is 17.8. The molecule has 1 aliphatic rings. The molecule has 0 aromatic heterocycles. The molecule has 0 saturated carbocycles. The van der Waals surface area contributed by atoms with Gasteiger partial charge in [0.1, 0.15) is 12.4 Å². The van der Waals surface area contributed by atoms with Crippen LogP contribution in [0.2, 0.25) is 0 Å². The molecule has 0 unspecified atom stereocenters. The van der Waals surface area contributed by atoms with Crippen molar-refractivity contribution in [3.05, 3.63) is 60.2 Å². The molecule has 1 aliphatic heterocycles. The van der Waals surface area contributed by atoms with Crippen molar-refractivity contribution in [1.82, 2.24) is 10.2 Å². The van der Waals surface area contributed by atoms with Gasteiger partial charge in [0.15, 0.2) is 5.96 Å². The monoisotopic (exact) mass is 509 g/mol. The van der Waals surface area contributed by atoms with Crippen LogP contribution in [0.25, 0.3) is 0 Å². The molecular weight excluding hydrogens is 474 g/mol. The zero-order valence-corrected chi connectivity index (χ0v) is 20.8. The molecule has 1 heterocycles. The molecule has 10 nitrogen and oxygen atoms in total. The second kappa shape index (κ2) is 13.9. The van der Waals surface area contributed by atoms with E-state index in [9.17, 15) is 19.5 Å². The summed E-state index contributed by atoms with van der Waals surface area (Å²) in [7, 11) is 0. The molecule has 0 spiro atoms. The maximum absolute atomic E-state index is 12.9. The quantitative estimate of drug-likeness (QED) is 0.149. The summed E-state index contributed by atoms with van der Waals surface area (Å²) in [6.07, 6.45) is 2.74. The van der Waals surface area contributed by atoms with E-state index in [0.29, 0.717) is 43.8 Å². The number of anilines is 1. The molecule has 3 rings (SSSR count). The lowest BCUT2D eigenvalue weighted by Gasteiger charge is -2.25. The molecule has 37 heavy (non-hydrogen) atoms. The number of hydrogen-bond donors (Lipinski definition) is 5. The Bertz CT molecular complexity index is 1060. The number of guanidine groups is 1. The van der Waals surface area contributed by atoms with Crippen molar-refractivity contribution >= 4 is 29.4 Å². The van der Waals surface area contributed by atoms with E-state index in [-0.39, 0.29) is 36.8 Å². The molecule has 2 aromatic carbocycles. The second-order valence-corrected chi connectivity index (χ2v) is 9.13. The Labute approximate surface area is 216 Å². The Morgan fingerprint density at radius 2 is 1.84 bits per heavy atom. The lowest BCUT2D eigenvalue weighted by Crippen LogP contribution is -2.38. The van der Waals surface area contributed by atoms with Gasteiger partial charge in [0.25, 0.3) is 0 Å². The van der Waals surface area contributed by atoms with Crippen molar-refractivity contribution in [2.75, 3.05) is 25.0 Å². The van der Waals surface area contributed by atoms with Crippen LogP contribution < -0.4 is 21.1 Å². The van der Waals surface area contributed by atoms with Crippen LogP contribution in [0.1, 0.15) is 37.7 Å². The molecule has 6 N–H and O–H groups in total. The van der Waals surface area contributed by atoms with Gasteiger partial charge in [-0.25, -0.2) is 0 Å². The molecule has 0 radical (unpaired) electrons. The molecule has 1 fully saturated rings. The van der Waals surface area contributed by atoms with E-state index in [0.717, 1.165) is 12.8 Å². The Balaban J connectivity index is 1.50. The third-order valence-corrected chi connectivity index (χ3v) is 6.23. The summed E-state index contributed by atoms with van der Waals surface area (Å²) >= 11 is 0. The number of nitrogens with two attached hydrogens (primary N) is 1. The predicted molar refractivity (Wildman–Crippen MR) is 140 cm³/mol. The number of aryl methyl sites for hydroxylation is 1. The van der Waals surface area contributed by atoms with Gasteiger partial charge in [-0.05, 0) is 55.5 Å². The van der Waals surface area contributed by atoms with Gasteiger partial charge in [-0.15, -0.1) is 0 Å². The van der Waals surface area contributed by atoms with Gasteiger partial charge in [0.2, 0.25) is 11.8 Å². The number of nitrogens with one attached hydrogen (secondary N) is 3. The summed E-state index contributed by atoms with van der Waals surface area (Å²) < 4.78 is 5.95. The molecule has 10 heteroatoms. The van der Waals surface area contributed by atoms with Crippen LogP contribution in [0.5, 0.6) is 5.75 Å². The first kappa shape index (κ1) is 27.5. The first-order valence-electron chi connectivity index (χ1n) is 12.5. The van der Waals surface area contributed by atoms with E-state index < -0.39 is 11.9 Å². The van der Waals surface area contributed by atoms with Crippen LogP contribution in [0.3, 0.4) is 0 Å². The number of nitrogens with zero attached hydrogens (tertiary/aromatic N) is 1. The number of aliphatic carboxylic acids is 1. The van der Waals surface area contributed by atoms with Crippen LogP contribution in [-0.4, -0.2) is 59.5 Å². The summed E-state index contributed by atoms with van der Waals surface area (Å²) in [5, 5.41) is 21.8. The summed E-state index contributed by atoms with van der Waals surface area (Å²) in [4.78, 5) is 38.0. The number of hydrogen-bond acceptors (Lipinski definition) is 5. The second-order valence-electron chi connectivity index (χ2n) is 9.13. The topological polar surface area (TPSA) is 158 Å². The maximum atomic E-state index is 12.9. The lowest BCUT2D eigenvalue weighted by atomic mass is 10.0. The largest absolute Gasteiger partial charge is 0.491 e. The fraction of sp³-hybridized carbons (Fsp3) is 0.407. The van der Waals surface area contributed by atoms with Crippen LogP contribution in [0.15, 0.2) is 54.6 Å². The highest BCUT2D eigenvalue weighted by Crippen LogP contribution is 2.29. The van der Waals surface area contributed by atoms with Crippen molar-refractivity contribution < 1.29 is 24.2 Å². The van der Waals surface area contributed by atoms with Crippen molar-refractivity contribution in [2.24, 2.45) is 11.7 Å². The summed E-state index contributed by atoms with van der Waals surface area (Å²) in [5.74, 6) is -1.30. The number of likely N-dealkylation sites (tertiary alicyclic amines) is 1. The third kappa shape index (κ3) is 9.14. The van der Waals surface area contributed by atoms with Crippen LogP contribution in [0.4, 0.5) is 5.69 Å². The molecule has 198 valence electrons. The molecule has 2 amide bonds. The fourth-order valence-electron chi connectivity index (χ4n) is 4.42. The van der Waals surface area contributed by atoms with Gasteiger partial charge < -0.3 is 31.1 Å². The molecule has 0 bridgehead atoms. The molecular formula is C27H35N5O5. The number of rotatable bonds is 14. The van der Waals surface area contributed by atoms with Crippen molar-refractivity contribution in [3.63, 3.8) is 0 Å². The minimum absolute atomic E-state index is 0.120. The van der Waals surface area contributed by atoms with Crippen LogP contribution in [0, 0.1) is 11.3 Å². The zero-order chi connectivity index (χ0) is 26.6. The normalized spacial score (nSPS) is 16.9. The van der Waals surface area contributed by atoms with Crippen LogP contribution >= 0.6 is 0 Å². The highest BCUT2D eigenvalue weighted by atomic mass is 16.5. The lowest BCUT2D eigenvalue weighted by molar-refractivity contribution is -0.142. The zero-order valence-electron chi connectivity index (χ0n) is 20.8. The van der Waals surface area contributed by atoms with Crippen molar-refractivity contribution in [2.45, 2.75) is 44.6 Å². The van der Waals surface area contributed by atoms with E-state index >= 15 is 0 Å². The maximum Gasteiger partial charge on any atom is 0.304 e. The molecule has 0 aliphatic carbocycles. The number of amides is 2. The fourth-order valence-corrected chi connectivity index (χ4v) is 4.42. The van der Waals surface area contributed by atoms with Gasteiger partial charge >= 0.3 is 5.97 Å². The van der Waals surface area contributed by atoms with Gasteiger partial charge in [-0.3, -0.25) is 19.8 Å². The first-order valence-corrected chi connectivity index (χ1v) is 12.5. The molecule has 2 aromatic rings. The third-order valence-electron chi connectivity index (χ3n) is 6.23. The highest BCUT2D eigenvalue weighted by Gasteiger charge is 2.40. The van der Waals surface area contributed by atoms with E-state index in [1.807, 2.05) is 18.2 Å². The Morgan fingerprint density at radius 1 is 1.11 bits per heavy atom. The van der Waals surface area contributed by atoms with E-state index in [2.05, 4.69) is 22.8 Å². The Kier molecular flexibility index (Phi) is 10.3. The minimum Gasteiger partial charge on any atom is -0.491 e. The number of carboxylic acids is 1. The molecule has 2 atom stereocenters. The Hall–Kier alpha value is -4.08. The van der Waals surface area contributed by atoms with E-state index in [1.165, 1.54) is 5.56 Å². The van der Waals surface area contributed by atoms with Crippen molar-refractivity contribution in [3.8, 4) is 5.75 Å². The SMILES string of the molecule is N=C(N)NCCCC(=O)Nc1ccc(OC[C@@H]2C[C@@H](CC(=O)O)C(=O)N2CCCc2ccccc2)cc1. The number of carbonyl (C=O) groups excluding carboxylic acids is 2. The summed E-state index contributed by atoms with van der Waals surface area (Å²) in [5.41, 5.74) is 7.05.